The van der Waals surface area contributed by atoms with Gasteiger partial charge in [-0.2, -0.15) is 0 Å². The number of furan rings is 1. The molecule has 0 saturated heterocycles. The molecule has 2 heterocycles. The molecular weight excluding hydrogens is 548 g/mol. The first-order chi connectivity index (χ1) is 22.3. The molecule has 210 valence electrons. The van der Waals surface area contributed by atoms with E-state index in [0.717, 1.165) is 44.8 Å². The van der Waals surface area contributed by atoms with Crippen molar-refractivity contribution in [2.24, 2.45) is 0 Å². The largest absolute Gasteiger partial charge is 0.454 e. The maximum absolute atomic E-state index is 6.23. The number of aromatic nitrogens is 2. The highest BCUT2D eigenvalue weighted by Gasteiger charge is 2.16. The molecule has 0 aliphatic rings. The van der Waals surface area contributed by atoms with Gasteiger partial charge < -0.3 is 4.42 Å². The Balaban J connectivity index is 1.21. The number of para-hydroxylation sites is 1. The van der Waals surface area contributed by atoms with Gasteiger partial charge in [-0.25, -0.2) is 9.97 Å². The molecule has 0 aliphatic carbocycles. The van der Waals surface area contributed by atoms with Gasteiger partial charge in [0.25, 0.3) is 0 Å². The molecule has 9 aromatic rings. The number of benzene rings is 7. The molecule has 0 aliphatic heterocycles. The lowest BCUT2D eigenvalue weighted by molar-refractivity contribution is 0.628. The van der Waals surface area contributed by atoms with Crippen LogP contribution in [-0.2, 0) is 0 Å². The van der Waals surface area contributed by atoms with Crippen molar-refractivity contribution in [3.05, 3.63) is 158 Å². The zero-order valence-corrected chi connectivity index (χ0v) is 24.3. The van der Waals surface area contributed by atoms with Crippen LogP contribution in [0.25, 0.3) is 88.5 Å². The fourth-order valence-electron chi connectivity index (χ4n) is 6.48. The van der Waals surface area contributed by atoms with E-state index in [9.17, 15) is 0 Å². The molecule has 9 rings (SSSR count). The maximum Gasteiger partial charge on any atom is 0.160 e. The predicted molar refractivity (Wildman–Crippen MR) is 186 cm³/mol. The number of hydrogen-bond acceptors (Lipinski definition) is 3. The lowest BCUT2D eigenvalue weighted by Gasteiger charge is -2.14. The van der Waals surface area contributed by atoms with Crippen molar-refractivity contribution in [3.8, 4) is 45.2 Å². The van der Waals surface area contributed by atoms with Gasteiger partial charge in [0.1, 0.15) is 11.3 Å². The summed E-state index contributed by atoms with van der Waals surface area (Å²) < 4.78 is 6.23. The molecule has 0 spiro atoms. The SMILES string of the molecule is c1ccc(-c2cc(-c3cc4ccccc4o3)nc(-c3ccc(-c4c5ccccc5cc5c4ccc4ccccc45)cc3)n2)cc1. The summed E-state index contributed by atoms with van der Waals surface area (Å²) in [4.78, 5) is 10.1. The molecule has 7 aromatic carbocycles. The number of nitrogens with zero attached hydrogens (tertiary/aromatic N) is 2. The Morgan fingerprint density at radius 1 is 0.378 bits per heavy atom. The van der Waals surface area contributed by atoms with Crippen LogP contribution in [0, 0.1) is 0 Å². The highest BCUT2D eigenvalue weighted by atomic mass is 16.3. The quantitative estimate of drug-likeness (QED) is 0.155. The molecule has 0 atom stereocenters. The van der Waals surface area contributed by atoms with E-state index in [-0.39, 0.29) is 0 Å². The van der Waals surface area contributed by atoms with Crippen LogP contribution in [-0.4, -0.2) is 9.97 Å². The van der Waals surface area contributed by atoms with E-state index < -0.39 is 0 Å². The Morgan fingerprint density at radius 2 is 1.04 bits per heavy atom. The van der Waals surface area contributed by atoms with Gasteiger partial charge in [-0.15, -0.1) is 0 Å². The second-order valence-electron chi connectivity index (χ2n) is 11.4. The average molecular weight is 575 g/mol. The van der Waals surface area contributed by atoms with E-state index in [1.54, 1.807) is 0 Å². The standard InChI is InChI=1S/C42H26N2O/c1-2-11-28(12-3-1)37-26-38(40-25-32-14-6-9-17-39(32)45-40)44-42(43-37)30-20-18-29(19-21-30)41-34-16-8-5-13-31(34)24-36-33-15-7-4-10-27(33)22-23-35(36)41/h1-26H. The Morgan fingerprint density at radius 3 is 1.87 bits per heavy atom. The van der Waals surface area contributed by atoms with Crippen LogP contribution < -0.4 is 0 Å². The van der Waals surface area contributed by atoms with Gasteiger partial charge in [-0.05, 0) is 67.7 Å². The molecular formula is C42H26N2O. The number of hydrogen-bond donors (Lipinski definition) is 0. The molecule has 45 heavy (non-hydrogen) atoms. The molecule has 0 fully saturated rings. The zero-order chi connectivity index (χ0) is 29.7. The molecule has 0 amide bonds. The van der Waals surface area contributed by atoms with E-state index in [1.807, 2.05) is 42.5 Å². The van der Waals surface area contributed by atoms with Crippen molar-refractivity contribution >= 4 is 43.3 Å². The van der Waals surface area contributed by atoms with Gasteiger partial charge in [0.2, 0.25) is 0 Å². The Labute approximate surface area is 260 Å². The average Bonchev–Trinajstić information content (AvgIpc) is 3.56. The van der Waals surface area contributed by atoms with Crippen molar-refractivity contribution in [2.45, 2.75) is 0 Å². The van der Waals surface area contributed by atoms with E-state index in [4.69, 9.17) is 14.4 Å². The van der Waals surface area contributed by atoms with Crippen LogP contribution in [0.1, 0.15) is 0 Å². The Bertz CT molecular complexity index is 2500. The molecule has 2 aromatic heterocycles. The van der Waals surface area contributed by atoms with Crippen molar-refractivity contribution in [3.63, 3.8) is 0 Å². The lowest BCUT2D eigenvalue weighted by Crippen LogP contribution is -1.95. The molecule has 0 bridgehead atoms. The summed E-state index contributed by atoms with van der Waals surface area (Å²) in [5, 5.41) is 8.54. The van der Waals surface area contributed by atoms with Gasteiger partial charge in [0.15, 0.2) is 11.6 Å². The van der Waals surface area contributed by atoms with Crippen molar-refractivity contribution < 1.29 is 4.42 Å². The highest BCUT2D eigenvalue weighted by molar-refractivity contribution is 6.20. The minimum atomic E-state index is 0.659. The fraction of sp³-hybridized carbons (Fsp3) is 0. The molecule has 0 saturated carbocycles. The second-order valence-corrected chi connectivity index (χ2v) is 11.4. The van der Waals surface area contributed by atoms with Crippen LogP contribution in [0.2, 0.25) is 0 Å². The van der Waals surface area contributed by atoms with Gasteiger partial charge in [-0.1, -0.05) is 133 Å². The van der Waals surface area contributed by atoms with E-state index in [2.05, 4.69) is 115 Å². The van der Waals surface area contributed by atoms with Gasteiger partial charge in [0, 0.05) is 16.5 Å². The lowest BCUT2D eigenvalue weighted by atomic mass is 9.89. The monoisotopic (exact) mass is 574 g/mol. The minimum Gasteiger partial charge on any atom is -0.454 e. The summed E-state index contributed by atoms with van der Waals surface area (Å²) in [6.07, 6.45) is 0. The van der Waals surface area contributed by atoms with Crippen molar-refractivity contribution in [1.29, 1.82) is 0 Å². The molecule has 0 unspecified atom stereocenters. The van der Waals surface area contributed by atoms with Crippen LogP contribution >= 0.6 is 0 Å². The normalized spacial score (nSPS) is 11.6. The van der Waals surface area contributed by atoms with Crippen molar-refractivity contribution in [2.75, 3.05) is 0 Å². The molecule has 0 N–H and O–H groups in total. The molecule has 3 nitrogen and oxygen atoms in total. The topological polar surface area (TPSA) is 38.9 Å². The summed E-state index contributed by atoms with van der Waals surface area (Å²) in [7, 11) is 0. The van der Waals surface area contributed by atoms with Crippen LogP contribution in [0.4, 0.5) is 0 Å². The van der Waals surface area contributed by atoms with Crippen LogP contribution in [0.15, 0.2) is 162 Å². The van der Waals surface area contributed by atoms with E-state index in [1.165, 1.54) is 37.9 Å². The first kappa shape index (κ1) is 25.4. The Hall–Kier alpha value is -6.06. The fourth-order valence-corrected chi connectivity index (χ4v) is 6.48. The van der Waals surface area contributed by atoms with E-state index >= 15 is 0 Å². The first-order valence-corrected chi connectivity index (χ1v) is 15.2. The van der Waals surface area contributed by atoms with Crippen LogP contribution in [0.5, 0.6) is 0 Å². The second kappa shape index (κ2) is 10.3. The van der Waals surface area contributed by atoms with Gasteiger partial charge >= 0.3 is 0 Å². The number of fused-ring (bicyclic) bond motifs is 5. The summed E-state index contributed by atoms with van der Waals surface area (Å²) in [6.45, 7) is 0. The summed E-state index contributed by atoms with van der Waals surface area (Å²) in [6, 6.07) is 55.1. The van der Waals surface area contributed by atoms with Crippen molar-refractivity contribution in [1.82, 2.24) is 9.97 Å². The Kier molecular flexibility index (Phi) is 5.82. The third kappa shape index (κ3) is 4.37. The third-order valence-corrected chi connectivity index (χ3v) is 8.68. The zero-order valence-electron chi connectivity index (χ0n) is 24.3. The summed E-state index contributed by atoms with van der Waals surface area (Å²) in [5.41, 5.74) is 6.83. The molecule has 3 heteroatoms. The maximum atomic E-state index is 6.23. The predicted octanol–water partition coefficient (Wildman–Crippen LogP) is 11.4. The summed E-state index contributed by atoms with van der Waals surface area (Å²) >= 11 is 0. The highest BCUT2D eigenvalue weighted by Crippen LogP contribution is 2.40. The smallest absolute Gasteiger partial charge is 0.160 e. The van der Waals surface area contributed by atoms with Gasteiger partial charge in [0.05, 0.1) is 5.69 Å². The molecule has 0 radical (unpaired) electrons. The minimum absolute atomic E-state index is 0.659. The number of rotatable bonds is 4. The van der Waals surface area contributed by atoms with Crippen LogP contribution in [0.3, 0.4) is 0 Å². The third-order valence-electron chi connectivity index (χ3n) is 8.68. The van der Waals surface area contributed by atoms with E-state index in [0.29, 0.717) is 5.82 Å². The summed E-state index contributed by atoms with van der Waals surface area (Å²) in [5.74, 6) is 1.38. The first-order valence-electron chi connectivity index (χ1n) is 15.2. The van der Waals surface area contributed by atoms with Gasteiger partial charge in [-0.3, -0.25) is 0 Å².